The molecular weight excluding hydrogens is 388 g/mol. The maximum absolute atomic E-state index is 5.93. The Labute approximate surface area is 184 Å². The maximum atomic E-state index is 5.93. The van der Waals surface area contributed by atoms with Crippen molar-refractivity contribution in [3.63, 3.8) is 0 Å². The second kappa shape index (κ2) is 9.60. The molecule has 1 aromatic carbocycles. The van der Waals surface area contributed by atoms with Crippen molar-refractivity contribution < 1.29 is 9.26 Å². The lowest BCUT2D eigenvalue weighted by Gasteiger charge is -2.30. The van der Waals surface area contributed by atoms with E-state index in [0.717, 1.165) is 62.8 Å². The lowest BCUT2D eigenvalue weighted by atomic mass is 9.87. The van der Waals surface area contributed by atoms with Crippen molar-refractivity contribution in [3.05, 3.63) is 60.1 Å². The molecule has 1 fully saturated rings. The van der Waals surface area contributed by atoms with Gasteiger partial charge in [-0.3, -0.25) is 4.98 Å². The summed E-state index contributed by atoms with van der Waals surface area (Å²) in [4.78, 5) is 11.4. The summed E-state index contributed by atoms with van der Waals surface area (Å²) in [6.45, 7) is 10.6. The van der Waals surface area contributed by atoms with Crippen molar-refractivity contribution in [1.29, 1.82) is 0 Å². The largest absolute Gasteiger partial charge is 0.494 e. The highest BCUT2D eigenvalue weighted by Gasteiger charge is 2.25. The van der Waals surface area contributed by atoms with E-state index in [-0.39, 0.29) is 5.41 Å². The molecule has 3 aromatic rings. The van der Waals surface area contributed by atoms with Crippen LogP contribution in [0.2, 0.25) is 0 Å². The smallest absolute Gasteiger partial charge is 0.230 e. The van der Waals surface area contributed by atoms with Gasteiger partial charge in [-0.1, -0.05) is 44.1 Å². The van der Waals surface area contributed by atoms with E-state index >= 15 is 0 Å². The minimum absolute atomic E-state index is 0.173. The minimum Gasteiger partial charge on any atom is -0.494 e. The molecule has 1 aliphatic heterocycles. The van der Waals surface area contributed by atoms with E-state index < -0.39 is 0 Å². The number of rotatable bonds is 7. The third-order valence-corrected chi connectivity index (χ3v) is 5.88. The molecule has 1 saturated heterocycles. The molecule has 0 N–H and O–H groups in total. The van der Waals surface area contributed by atoms with Crippen molar-refractivity contribution in [3.8, 4) is 17.3 Å². The molecule has 1 aliphatic rings. The number of nitrogens with zero attached hydrogens (tertiary/aromatic N) is 4. The van der Waals surface area contributed by atoms with Crippen molar-refractivity contribution in [1.82, 2.24) is 20.0 Å². The number of aromatic nitrogens is 3. The van der Waals surface area contributed by atoms with Crippen LogP contribution in [0.3, 0.4) is 0 Å². The normalized spacial score (nSPS) is 15.8. The van der Waals surface area contributed by atoms with Gasteiger partial charge in [0.15, 0.2) is 0 Å². The van der Waals surface area contributed by atoms with Crippen molar-refractivity contribution in [2.24, 2.45) is 0 Å². The minimum atomic E-state index is 0.173. The highest BCUT2D eigenvalue weighted by atomic mass is 16.5. The Balaban J connectivity index is 1.18. The highest BCUT2D eigenvalue weighted by molar-refractivity contribution is 5.47. The molecule has 164 valence electrons. The molecule has 0 aliphatic carbocycles. The van der Waals surface area contributed by atoms with Crippen LogP contribution >= 0.6 is 0 Å². The van der Waals surface area contributed by atoms with Crippen LogP contribution in [0.25, 0.3) is 11.5 Å². The Morgan fingerprint density at radius 1 is 1.06 bits per heavy atom. The summed E-state index contributed by atoms with van der Waals surface area (Å²) < 4.78 is 11.5. The molecule has 0 bridgehead atoms. The molecule has 4 rings (SSSR count). The fraction of sp³-hybridized carbons (Fsp3) is 0.480. The molecule has 2 aromatic heterocycles. The van der Waals surface area contributed by atoms with Gasteiger partial charge in [0.1, 0.15) is 11.4 Å². The van der Waals surface area contributed by atoms with Crippen LogP contribution in [0.1, 0.15) is 57.4 Å². The van der Waals surface area contributed by atoms with Crippen LogP contribution < -0.4 is 4.74 Å². The number of ether oxygens (including phenoxy) is 1. The molecule has 0 saturated carbocycles. The summed E-state index contributed by atoms with van der Waals surface area (Å²) in [7, 11) is 0. The van der Waals surface area contributed by atoms with E-state index in [1.807, 2.05) is 18.2 Å². The Kier molecular flexibility index (Phi) is 6.66. The fourth-order valence-corrected chi connectivity index (χ4v) is 3.93. The van der Waals surface area contributed by atoms with Crippen LogP contribution in [0, 0.1) is 0 Å². The molecule has 0 amide bonds. The van der Waals surface area contributed by atoms with Gasteiger partial charge in [0, 0.05) is 18.7 Å². The standard InChI is InChI=1S/C25H32N4O2/c1-25(2,3)20-8-10-21(11-9-20)30-18-6-15-29-16-12-19(13-17-29)24-27-23(28-31-24)22-7-4-5-14-26-22/h4-5,7-11,14,19H,6,12-13,15-18H2,1-3H3. The van der Waals surface area contributed by atoms with Gasteiger partial charge in [-0.05, 0) is 67.6 Å². The summed E-state index contributed by atoms with van der Waals surface area (Å²) in [6.07, 6.45) is 4.85. The monoisotopic (exact) mass is 420 g/mol. The molecule has 0 spiro atoms. The molecule has 0 atom stereocenters. The van der Waals surface area contributed by atoms with E-state index in [9.17, 15) is 0 Å². The molecule has 3 heterocycles. The van der Waals surface area contributed by atoms with Crippen molar-refractivity contribution in [2.45, 2.75) is 51.4 Å². The van der Waals surface area contributed by atoms with Crippen LogP contribution in [0.15, 0.2) is 53.2 Å². The molecule has 6 nitrogen and oxygen atoms in total. The van der Waals surface area contributed by atoms with Crippen LogP contribution in [0.5, 0.6) is 5.75 Å². The van der Waals surface area contributed by atoms with Gasteiger partial charge < -0.3 is 14.2 Å². The zero-order chi connectivity index (χ0) is 21.7. The SMILES string of the molecule is CC(C)(C)c1ccc(OCCCN2CCC(c3nc(-c4ccccn4)no3)CC2)cc1. The third kappa shape index (κ3) is 5.70. The van der Waals surface area contributed by atoms with Gasteiger partial charge in [0.05, 0.1) is 6.61 Å². The first kappa shape index (κ1) is 21.5. The third-order valence-electron chi connectivity index (χ3n) is 5.88. The fourth-order valence-electron chi connectivity index (χ4n) is 3.93. The van der Waals surface area contributed by atoms with Crippen LogP contribution in [-0.4, -0.2) is 46.3 Å². The summed E-state index contributed by atoms with van der Waals surface area (Å²) in [6, 6.07) is 14.2. The molecule has 0 unspecified atom stereocenters. The summed E-state index contributed by atoms with van der Waals surface area (Å²) in [5, 5.41) is 4.11. The Bertz CT molecular complexity index is 940. The summed E-state index contributed by atoms with van der Waals surface area (Å²) >= 11 is 0. The maximum Gasteiger partial charge on any atom is 0.230 e. The Hall–Kier alpha value is -2.73. The van der Waals surface area contributed by atoms with Gasteiger partial charge in [-0.2, -0.15) is 4.98 Å². The number of benzene rings is 1. The summed E-state index contributed by atoms with van der Waals surface area (Å²) in [5.74, 6) is 2.60. The number of likely N-dealkylation sites (tertiary alicyclic amines) is 1. The van der Waals surface area contributed by atoms with E-state index in [4.69, 9.17) is 9.26 Å². The van der Waals surface area contributed by atoms with Gasteiger partial charge in [0.2, 0.25) is 11.7 Å². The second-order valence-electron chi connectivity index (χ2n) is 9.26. The van der Waals surface area contributed by atoms with Gasteiger partial charge in [0.25, 0.3) is 0 Å². The molecular formula is C25H32N4O2. The highest BCUT2D eigenvalue weighted by Crippen LogP contribution is 2.28. The predicted molar refractivity (Wildman–Crippen MR) is 121 cm³/mol. The number of pyridine rings is 1. The first-order valence-electron chi connectivity index (χ1n) is 11.2. The number of hydrogen-bond acceptors (Lipinski definition) is 6. The van der Waals surface area contributed by atoms with Crippen molar-refractivity contribution in [2.75, 3.05) is 26.2 Å². The van der Waals surface area contributed by atoms with Crippen LogP contribution in [0.4, 0.5) is 0 Å². The number of piperidine rings is 1. The quantitative estimate of drug-likeness (QED) is 0.497. The zero-order valence-corrected chi connectivity index (χ0v) is 18.8. The average Bonchev–Trinajstić information content (AvgIpc) is 3.28. The Morgan fingerprint density at radius 3 is 2.52 bits per heavy atom. The summed E-state index contributed by atoms with van der Waals surface area (Å²) in [5.41, 5.74) is 2.26. The average molecular weight is 421 g/mol. The van der Waals surface area contributed by atoms with E-state index in [1.54, 1.807) is 6.20 Å². The van der Waals surface area contributed by atoms with Gasteiger partial charge in [-0.25, -0.2) is 0 Å². The molecule has 6 heteroatoms. The lowest BCUT2D eigenvalue weighted by Crippen LogP contribution is -2.34. The first-order chi connectivity index (χ1) is 15.0. The van der Waals surface area contributed by atoms with E-state index in [0.29, 0.717) is 11.7 Å². The molecule has 31 heavy (non-hydrogen) atoms. The Morgan fingerprint density at radius 2 is 1.84 bits per heavy atom. The second-order valence-corrected chi connectivity index (χ2v) is 9.26. The van der Waals surface area contributed by atoms with Crippen LogP contribution in [-0.2, 0) is 5.41 Å². The van der Waals surface area contributed by atoms with E-state index in [2.05, 4.69) is 65.1 Å². The molecule has 0 radical (unpaired) electrons. The van der Waals surface area contributed by atoms with Gasteiger partial charge in [-0.15, -0.1) is 0 Å². The zero-order valence-electron chi connectivity index (χ0n) is 18.8. The van der Waals surface area contributed by atoms with Crippen molar-refractivity contribution >= 4 is 0 Å². The van der Waals surface area contributed by atoms with Gasteiger partial charge >= 0.3 is 0 Å². The topological polar surface area (TPSA) is 64.3 Å². The lowest BCUT2D eigenvalue weighted by molar-refractivity contribution is 0.180. The number of hydrogen-bond donors (Lipinski definition) is 0. The predicted octanol–water partition coefficient (Wildman–Crippen LogP) is 5.08. The van der Waals surface area contributed by atoms with E-state index in [1.165, 1.54) is 5.56 Å². The first-order valence-corrected chi connectivity index (χ1v) is 11.2.